The van der Waals surface area contributed by atoms with Crippen molar-refractivity contribution in [3.8, 4) is 5.69 Å². The predicted molar refractivity (Wildman–Crippen MR) is 57.1 cm³/mol. The number of hydrogen-bond donors (Lipinski definition) is 2. The molecule has 0 saturated heterocycles. The van der Waals surface area contributed by atoms with E-state index in [0.717, 1.165) is 4.47 Å². The molecule has 72 valence electrons. The van der Waals surface area contributed by atoms with Crippen LogP contribution in [0.15, 0.2) is 27.9 Å². The fourth-order valence-corrected chi connectivity index (χ4v) is 1.44. The number of hydrogen-bond acceptors (Lipinski definition) is 3. The lowest BCUT2D eigenvalue weighted by Crippen LogP contribution is -2.15. The molecule has 5 nitrogen and oxygen atoms in total. The third-order valence-corrected chi connectivity index (χ3v) is 2.23. The topological polar surface area (TPSA) is 66.5 Å². The van der Waals surface area contributed by atoms with Gasteiger partial charge in [-0.15, -0.1) is 0 Å². The molecule has 0 saturated carbocycles. The quantitative estimate of drug-likeness (QED) is 0.771. The van der Waals surface area contributed by atoms with E-state index in [-0.39, 0.29) is 5.56 Å². The minimum absolute atomic E-state index is 0.274. The summed E-state index contributed by atoms with van der Waals surface area (Å²) >= 11 is 8.01. The van der Waals surface area contributed by atoms with Gasteiger partial charge in [0.05, 0.1) is 10.7 Å². The van der Waals surface area contributed by atoms with Gasteiger partial charge in [-0.1, -0.05) is 0 Å². The van der Waals surface area contributed by atoms with E-state index >= 15 is 0 Å². The second-order valence-electron chi connectivity index (χ2n) is 2.56. The predicted octanol–water partition coefficient (Wildman–Crippen LogP) is 1.38. The number of nitrogens with one attached hydrogen (secondary N) is 2. The highest BCUT2D eigenvalue weighted by Gasteiger charge is 2.02. The zero-order valence-electron chi connectivity index (χ0n) is 6.82. The van der Waals surface area contributed by atoms with Crippen LogP contribution in [0.25, 0.3) is 5.69 Å². The largest absolute Gasteiger partial charge is 0.337 e. The lowest BCUT2D eigenvalue weighted by Gasteiger charge is -1.97. The highest BCUT2D eigenvalue weighted by molar-refractivity contribution is 9.10. The minimum atomic E-state index is -0.274. The summed E-state index contributed by atoms with van der Waals surface area (Å²) in [5.41, 5.74) is 0.119. The van der Waals surface area contributed by atoms with Crippen molar-refractivity contribution >= 4 is 28.1 Å². The van der Waals surface area contributed by atoms with E-state index in [4.69, 9.17) is 12.2 Å². The standard InChI is InChI=1S/C7H5BrN4OS/c8-4-1-10-12(3-4)5-2-9-7(14)11-6(5)13/h1-3H,(H2,9,11,13,14). The normalized spacial score (nSPS) is 10.4. The first-order chi connectivity index (χ1) is 6.66. The molecular formula is C7H5BrN4OS. The lowest BCUT2D eigenvalue weighted by molar-refractivity contribution is 0.848. The molecule has 2 aromatic rings. The van der Waals surface area contributed by atoms with Gasteiger partial charge >= 0.3 is 0 Å². The Kier molecular flexibility index (Phi) is 2.34. The van der Waals surface area contributed by atoms with Crippen molar-refractivity contribution in [1.29, 1.82) is 0 Å². The van der Waals surface area contributed by atoms with Crippen LogP contribution in [-0.4, -0.2) is 19.7 Å². The van der Waals surface area contributed by atoms with Crippen LogP contribution in [-0.2, 0) is 0 Å². The number of aromatic nitrogens is 4. The zero-order chi connectivity index (χ0) is 10.1. The molecular weight excluding hydrogens is 268 g/mol. The van der Waals surface area contributed by atoms with Crippen molar-refractivity contribution in [2.75, 3.05) is 0 Å². The van der Waals surface area contributed by atoms with E-state index in [1.54, 1.807) is 12.4 Å². The number of nitrogens with zero attached hydrogens (tertiary/aromatic N) is 2. The van der Waals surface area contributed by atoms with Gasteiger partial charge in [0, 0.05) is 12.4 Å². The lowest BCUT2D eigenvalue weighted by atomic mass is 10.5. The Morgan fingerprint density at radius 2 is 2.36 bits per heavy atom. The van der Waals surface area contributed by atoms with E-state index in [1.165, 1.54) is 10.9 Å². The van der Waals surface area contributed by atoms with Crippen LogP contribution in [0, 0.1) is 4.77 Å². The molecule has 2 N–H and O–H groups in total. The average Bonchev–Trinajstić information content (AvgIpc) is 2.51. The van der Waals surface area contributed by atoms with Gasteiger partial charge < -0.3 is 4.98 Å². The van der Waals surface area contributed by atoms with E-state index < -0.39 is 0 Å². The molecule has 0 unspecified atom stereocenters. The van der Waals surface area contributed by atoms with Gasteiger partial charge in [0.1, 0.15) is 5.69 Å². The van der Waals surface area contributed by atoms with Crippen LogP contribution in [0.3, 0.4) is 0 Å². The maximum absolute atomic E-state index is 11.4. The van der Waals surface area contributed by atoms with Gasteiger partial charge in [0.2, 0.25) is 0 Å². The first kappa shape index (κ1) is 9.35. The highest BCUT2D eigenvalue weighted by atomic mass is 79.9. The summed E-state index contributed by atoms with van der Waals surface area (Å²) in [6.45, 7) is 0. The first-order valence-electron chi connectivity index (χ1n) is 3.69. The molecule has 0 bridgehead atoms. The average molecular weight is 273 g/mol. The first-order valence-corrected chi connectivity index (χ1v) is 4.89. The fraction of sp³-hybridized carbons (Fsp3) is 0. The Bertz CT molecular complexity index is 569. The smallest absolute Gasteiger partial charge is 0.277 e. The number of halogens is 1. The molecule has 0 aromatic carbocycles. The molecule has 0 aliphatic rings. The molecule has 14 heavy (non-hydrogen) atoms. The van der Waals surface area contributed by atoms with Crippen LogP contribution in [0.4, 0.5) is 0 Å². The van der Waals surface area contributed by atoms with Gasteiger partial charge in [-0.3, -0.25) is 9.78 Å². The molecule has 0 aliphatic heterocycles. The van der Waals surface area contributed by atoms with Crippen molar-refractivity contribution < 1.29 is 0 Å². The minimum Gasteiger partial charge on any atom is -0.337 e. The number of aromatic amines is 2. The zero-order valence-corrected chi connectivity index (χ0v) is 9.22. The molecule has 0 amide bonds. The third kappa shape index (κ3) is 1.68. The summed E-state index contributed by atoms with van der Waals surface area (Å²) in [7, 11) is 0. The van der Waals surface area contributed by atoms with Crippen molar-refractivity contribution in [2.24, 2.45) is 0 Å². The van der Waals surface area contributed by atoms with Gasteiger partial charge in [-0.2, -0.15) is 5.10 Å². The Morgan fingerprint density at radius 1 is 1.57 bits per heavy atom. The monoisotopic (exact) mass is 272 g/mol. The van der Waals surface area contributed by atoms with E-state index in [9.17, 15) is 4.79 Å². The Hall–Kier alpha value is -1.21. The third-order valence-electron chi connectivity index (χ3n) is 1.60. The number of rotatable bonds is 1. The summed E-state index contributed by atoms with van der Waals surface area (Å²) in [5, 5.41) is 3.97. The molecule has 0 radical (unpaired) electrons. The summed E-state index contributed by atoms with van der Waals surface area (Å²) < 4.78 is 2.55. The Balaban J connectivity index is 2.63. The van der Waals surface area contributed by atoms with E-state index in [2.05, 4.69) is 31.0 Å². The summed E-state index contributed by atoms with van der Waals surface area (Å²) in [4.78, 5) is 16.6. The van der Waals surface area contributed by atoms with Crippen molar-refractivity contribution in [3.63, 3.8) is 0 Å². The fourth-order valence-electron chi connectivity index (χ4n) is 1.01. The highest BCUT2D eigenvalue weighted by Crippen LogP contribution is 2.08. The maximum atomic E-state index is 11.4. The van der Waals surface area contributed by atoms with E-state index in [1.807, 2.05) is 0 Å². The molecule has 0 spiro atoms. The number of H-pyrrole nitrogens is 2. The van der Waals surface area contributed by atoms with Crippen LogP contribution in [0.2, 0.25) is 0 Å². The molecule has 7 heteroatoms. The SMILES string of the molecule is O=c1[nH]c(=S)[nH]cc1-n1cc(Br)cn1. The molecule has 2 rings (SSSR count). The summed E-state index contributed by atoms with van der Waals surface area (Å²) in [5.74, 6) is 0. The molecule has 0 atom stereocenters. The van der Waals surface area contributed by atoms with Crippen LogP contribution < -0.4 is 5.56 Å². The second kappa shape index (κ2) is 3.50. The van der Waals surface area contributed by atoms with Crippen LogP contribution >= 0.6 is 28.1 Å². The maximum Gasteiger partial charge on any atom is 0.277 e. The van der Waals surface area contributed by atoms with Gasteiger partial charge in [0.25, 0.3) is 5.56 Å². The molecule has 0 fully saturated rings. The summed E-state index contributed by atoms with van der Waals surface area (Å²) in [6.07, 6.45) is 4.79. The van der Waals surface area contributed by atoms with Crippen LogP contribution in [0.5, 0.6) is 0 Å². The van der Waals surface area contributed by atoms with E-state index in [0.29, 0.717) is 10.5 Å². The van der Waals surface area contributed by atoms with Gasteiger partial charge in [-0.05, 0) is 28.1 Å². The summed E-state index contributed by atoms with van der Waals surface area (Å²) in [6, 6.07) is 0. The second-order valence-corrected chi connectivity index (χ2v) is 3.88. The molecule has 0 aliphatic carbocycles. The van der Waals surface area contributed by atoms with Crippen molar-refractivity contribution in [3.05, 3.63) is 38.2 Å². The van der Waals surface area contributed by atoms with Crippen molar-refractivity contribution in [1.82, 2.24) is 19.7 Å². The molecule has 2 aromatic heterocycles. The van der Waals surface area contributed by atoms with Crippen molar-refractivity contribution in [2.45, 2.75) is 0 Å². The van der Waals surface area contributed by atoms with Gasteiger partial charge in [-0.25, -0.2) is 4.68 Å². The van der Waals surface area contributed by atoms with Gasteiger partial charge in [0.15, 0.2) is 4.77 Å². The Morgan fingerprint density at radius 3 is 2.93 bits per heavy atom. The van der Waals surface area contributed by atoms with Crippen LogP contribution in [0.1, 0.15) is 0 Å². The Labute approximate surface area is 91.9 Å². The molecule has 2 heterocycles.